The zero-order chi connectivity index (χ0) is 14.1. The van der Waals surface area contributed by atoms with E-state index in [0.29, 0.717) is 24.4 Å². The maximum absolute atomic E-state index is 12.2. The molecule has 1 aromatic rings. The van der Waals surface area contributed by atoms with Gasteiger partial charge in [0.05, 0.1) is 5.56 Å². The van der Waals surface area contributed by atoms with E-state index in [1.165, 1.54) is 4.57 Å². The Balaban J connectivity index is 3.35. The zero-order valence-electron chi connectivity index (χ0n) is 11.6. The van der Waals surface area contributed by atoms with Gasteiger partial charge in [-0.2, -0.15) is 0 Å². The predicted octanol–water partition coefficient (Wildman–Crippen LogP) is 2.43. The summed E-state index contributed by atoms with van der Waals surface area (Å²) < 4.78 is 1.25. The minimum atomic E-state index is -0.434. The third-order valence-electron chi connectivity index (χ3n) is 3.71. The van der Waals surface area contributed by atoms with Crippen molar-refractivity contribution in [1.29, 1.82) is 0 Å². The molecule has 0 amide bonds. The van der Waals surface area contributed by atoms with Gasteiger partial charge in [0.25, 0.3) is 5.56 Å². The van der Waals surface area contributed by atoms with Crippen LogP contribution in [0.2, 0.25) is 5.15 Å². The fourth-order valence-electron chi connectivity index (χ4n) is 1.63. The van der Waals surface area contributed by atoms with Gasteiger partial charge in [-0.1, -0.05) is 46.2 Å². The number of aromatic nitrogens is 2. The van der Waals surface area contributed by atoms with Gasteiger partial charge in [0.2, 0.25) is 0 Å². The van der Waals surface area contributed by atoms with Crippen molar-refractivity contribution in [3.63, 3.8) is 0 Å². The quantitative estimate of drug-likeness (QED) is 0.856. The summed E-state index contributed by atoms with van der Waals surface area (Å²) in [5.74, 6) is 0.365. The van der Waals surface area contributed by atoms with Crippen molar-refractivity contribution in [2.45, 2.75) is 47.6 Å². The summed E-state index contributed by atoms with van der Waals surface area (Å²) in [6.07, 6.45) is 0.510. The Morgan fingerprint density at radius 2 is 1.89 bits per heavy atom. The molecule has 1 N–H and O–H groups in total. The molecule has 18 heavy (non-hydrogen) atoms. The Bertz CT molecular complexity index is 541. The molecule has 0 atom stereocenters. The van der Waals surface area contributed by atoms with E-state index in [2.05, 4.69) is 18.8 Å². The van der Waals surface area contributed by atoms with Gasteiger partial charge in [-0.3, -0.25) is 14.3 Å². The maximum atomic E-state index is 12.2. The van der Waals surface area contributed by atoms with Gasteiger partial charge in [0.15, 0.2) is 0 Å². The average Bonchev–Trinajstić information content (AvgIpc) is 2.24. The highest BCUT2D eigenvalue weighted by Gasteiger charge is 2.25. The smallest absolute Gasteiger partial charge is 0.297 e. The van der Waals surface area contributed by atoms with Gasteiger partial charge >= 0.3 is 5.69 Å². The molecule has 102 valence electrons. The Kier molecular flexibility index (Phi) is 4.43. The van der Waals surface area contributed by atoms with Crippen LogP contribution in [0.15, 0.2) is 9.59 Å². The number of hydrogen-bond donors (Lipinski definition) is 1. The topological polar surface area (TPSA) is 54.9 Å². The highest BCUT2D eigenvalue weighted by molar-refractivity contribution is 6.30. The van der Waals surface area contributed by atoms with E-state index in [0.717, 1.165) is 0 Å². The van der Waals surface area contributed by atoms with Crippen LogP contribution in [0.5, 0.6) is 0 Å². The van der Waals surface area contributed by atoms with E-state index in [-0.39, 0.29) is 16.1 Å². The number of halogens is 1. The third-order valence-corrected chi connectivity index (χ3v) is 4.03. The number of aromatic amines is 1. The summed E-state index contributed by atoms with van der Waals surface area (Å²) in [7, 11) is 0. The van der Waals surface area contributed by atoms with Gasteiger partial charge in [-0.15, -0.1) is 0 Å². The second-order valence-corrected chi connectivity index (χ2v) is 5.99. The molecule has 0 unspecified atom stereocenters. The summed E-state index contributed by atoms with van der Waals surface area (Å²) in [4.78, 5) is 26.6. The monoisotopic (exact) mass is 272 g/mol. The summed E-state index contributed by atoms with van der Waals surface area (Å²) >= 11 is 5.87. The van der Waals surface area contributed by atoms with E-state index in [9.17, 15) is 9.59 Å². The molecule has 0 aliphatic rings. The van der Waals surface area contributed by atoms with Crippen LogP contribution in [0.1, 0.15) is 40.2 Å². The second-order valence-electron chi connectivity index (χ2n) is 5.61. The molecular weight excluding hydrogens is 252 g/mol. The highest BCUT2D eigenvalue weighted by Crippen LogP contribution is 2.27. The Labute approximate surface area is 112 Å². The first-order valence-corrected chi connectivity index (χ1v) is 6.60. The summed E-state index contributed by atoms with van der Waals surface area (Å²) in [5, 5.41) is 0.158. The van der Waals surface area contributed by atoms with E-state index in [4.69, 9.17) is 11.6 Å². The van der Waals surface area contributed by atoms with E-state index in [1.807, 2.05) is 20.8 Å². The van der Waals surface area contributed by atoms with Crippen molar-refractivity contribution in [1.82, 2.24) is 9.55 Å². The molecule has 0 spiro atoms. The fourth-order valence-corrected chi connectivity index (χ4v) is 1.92. The van der Waals surface area contributed by atoms with Gasteiger partial charge < -0.3 is 0 Å². The average molecular weight is 273 g/mol. The number of nitrogens with zero attached hydrogens (tertiary/aromatic N) is 1. The van der Waals surface area contributed by atoms with E-state index >= 15 is 0 Å². The highest BCUT2D eigenvalue weighted by atomic mass is 35.5. The number of H-pyrrole nitrogens is 1. The van der Waals surface area contributed by atoms with Gasteiger partial charge in [-0.05, 0) is 17.8 Å². The molecule has 0 aliphatic carbocycles. The summed E-state index contributed by atoms with van der Waals surface area (Å²) in [6.45, 7) is 10.5. The van der Waals surface area contributed by atoms with Crippen molar-refractivity contribution < 1.29 is 0 Å². The van der Waals surface area contributed by atoms with Crippen molar-refractivity contribution >= 4 is 11.6 Å². The van der Waals surface area contributed by atoms with Crippen LogP contribution in [0.3, 0.4) is 0 Å². The van der Waals surface area contributed by atoms with Crippen LogP contribution < -0.4 is 11.2 Å². The van der Waals surface area contributed by atoms with Crippen LogP contribution in [0.4, 0.5) is 0 Å². The molecule has 4 nitrogen and oxygen atoms in total. The van der Waals surface area contributed by atoms with Gasteiger partial charge in [0, 0.05) is 6.54 Å². The van der Waals surface area contributed by atoms with Crippen molar-refractivity contribution in [2.24, 2.45) is 11.3 Å². The number of rotatable bonds is 4. The molecule has 0 bridgehead atoms. The van der Waals surface area contributed by atoms with Crippen molar-refractivity contribution in [3.05, 3.63) is 31.6 Å². The summed E-state index contributed by atoms with van der Waals surface area (Å²) in [5.41, 5.74) is -0.373. The predicted molar refractivity (Wildman–Crippen MR) is 74.3 cm³/mol. The molecule has 0 radical (unpaired) electrons. The lowest BCUT2D eigenvalue weighted by molar-refractivity contribution is 0.203. The van der Waals surface area contributed by atoms with Crippen LogP contribution in [-0.2, 0) is 13.0 Å². The largest absolute Gasteiger partial charge is 0.329 e. The molecule has 0 aliphatic heterocycles. The normalized spacial score (nSPS) is 12.2. The van der Waals surface area contributed by atoms with Crippen LogP contribution >= 0.6 is 11.6 Å². The van der Waals surface area contributed by atoms with E-state index in [1.54, 1.807) is 0 Å². The number of hydrogen-bond acceptors (Lipinski definition) is 2. The minimum absolute atomic E-state index is 0.129. The summed E-state index contributed by atoms with van der Waals surface area (Å²) in [6, 6.07) is 0. The first kappa shape index (κ1) is 15.0. The first-order chi connectivity index (χ1) is 8.20. The first-order valence-electron chi connectivity index (χ1n) is 6.22. The van der Waals surface area contributed by atoms with Crippen LogP contribution in [0.25, 0.3) is 0 Å². The van der Waals surface area contributed by atoms with Crippen molar-refractivity contribution in [2.75, 3.05) is 0 Å². The van der Waals surface area contributed by atoms with Crippen LogP contribution in [0, 0.1) is 11.3 Å². The van der Waals surface area contributed by atoms with Crippen LogP contribution in [-0.4, -0.2) is 9.55 Å². The second kappa shape index (κ2) is 5.31. The molecule has 5 heteroatoms. The lowest BCUT2D eigenvalue weighted by Crippen LogP contribution is -2.42. The molecule has 0 fully saturated rings. The van der Waals surface area contributed by atoms with Gasteiger partial charge in [0.1, 0.15) is 5.15 Å². The maximum Gasteiger partial charge on any atom is 0.329 e. The standard InChI is InChI=1S/C13H21ClN2O2/c1-6-9-10(14)15-12(18)16(11(9)17)7-13(4,5)8(2)3/h8H,6-7H2,1-5H3,(H,15,18). The van der Waals surface area contributed by atoms with E-state index < -0.39 is 5.69 Å². The number of nitrogens with one attached hydrogen (secondary N) is 1. The molecule has 0 saturated heterocycles. The third kappa shape index (κ3) is 2.86. The minimum Gasteiger partial charge on any atom is -0.297 e. The Morgan fingerprint density at radius 1 is 1.33 bits per heavy atom. The fraction of sp³-hybridized carbons (Fsp3) is 0.692. The Morgan fingerprint density at radius 3 is 2.33 bits per heavy atom. The Hall–Kier alpha value is -1.03. The molecular formula is C13H21ClN2O2. The molecule has 1 heterocycles. The molecule has 1 rings (SSSR count). The molecule has 0 saturated carbocycles. The molecule has 1 aromatic heterocycles. The van der Waals surface area contributed by atoms with Crippen molar-refractivity contribution in [3.8, 4) is 0 Å². The molecule has 0 aromatic carbocycles. The zero-order valence-corrected chi connectivity index (χ0v) is 12.4. The lowest BCUT2D eigenvalue weighted by Gasteiger charge is -2.29. The van der Waals surface area contributed by atoms with Gasteiger partial charge in [-0.25, -0.2) is 4.79 Å². The lowest BCUT2D eigenvalue weighted by atomic mass is 9.81. The SMILES string of the molecule is CCc1c(Cl)[nH]c(=O)n(CC(C)(C)C(C)C)c1=O.